The summed E-state index contributed by atoms with van der Waals surface area (Å²) in [5, 5.41) is 8.89. The minimum absolute atomic E-state index is 0. The summed E-state index contributed by atoms with van der Waals surface area (Å²) >= 11 is 0. The molecule has 2 rings (SSSR count). The molecule has 20 heavy (non-hydrogen) atoms. The summed E-state index contributed by atoms with van der Waals surface area (Å²) in [5.41, 5.74) is 3.68. The molecule has 2 atom stereocenters. The second-order valence-electron chi connectivity index (χ2n) is 6.68. The van der Waals surface area contributed by atoms with Gasteiger partial charge in [0.25, 0.3) is 0 Å². The molecule has 1 fully saturated rings. The largest absolute Gasteiger partial charge is 0.870 e. The van der Waals surface area contributed by atoms with Crippen molar-refractivity contribution >= 4 is 5.97 Å². The maximum Gasteiger partial charge on any atom is 0.0383 e. The first-order valence-electron chi connectivity index (χ1n) is 7.25. The maximum absolute atomic E-state index is 8.89. The van der Waals surface area contributed by atoms with Crippen molar-refractivity contribution in [3.8, 4) is 0 Å². The van der Waals surface area contributed by atoms with Gasteiger partial charge in [-0.2, -0.15) is 0 Å². The van der Waals surface area contributed by atoms with Crippen molar-refractivity contribution in [2.45, 2.75) is 59.8 Å². The van der Waals surface area contributed by atoms with E-state index in [0.717, 1.165) is 18.8 Å². The first-order valence-corrected chi connectivity index (χ1v) is 7.25. The van der Waals surface area contributed by atoms with Crippen LogP contribution in [0.2, 0.25) is 0 Å². The van der Waals surface area contributed by atoms with E-state index in [1.807, 2.05) is 0 Å². The Morgan fingerprint density at radius 3 is 2.45 bits per heavy atom. The van der Waals surface area contributed by atoms with Gasteiger partial charge in [0.1, 0.15) is 0 Å². The highest BCUT2D eigenvalue weighted by Crippen LogP contribution is 2.56. The third kappa shape index (κ3) is 5.12. The highest BCUT2D eigenvalue weighted by molar-refractivity contribution is 5.60. The van der Waals surface area contributed by atoms with E-state index < -0.39 is 5.97 Å². The Labute approximate surface area is 123 Å². The quantitative estimate of drug-likeness (QED) is 0.639. The molecule has 0 aromatic heterocycles. The molecule has 0 aromatic carbocycles. The van der Waals surface area contributed by atoms with Crippen LogP contribution in [0.3, 0.4) is 0 Å². The van der Waals surface area contributed by atoms with Crippen molar-refractivity contribution in [1.29, 1.82) is 0 Å². The van der Waals surface area contributed by atoms with Gasteiger partial charge >= 0.3 is 0 Å². The zero-order valence-electron chi connectivity index (χ0n) is 13.2. The number of allylic oxidation sites excluding steroid dienone is 3. The summed E-state index contributed by atoms with van der Waals surface area (Å²) < 4.78 is 0. The average Bonchev–Trinajstić information content (AvgIpc) is 2.29. The SMILES string of the molecule is C=C1CC/C=C(\C)CC[C@@H]2[C@@H]1CC2(C)C.CC(=O)[O-].[OH-]. The fraction of sp³-hybridized carbons (Fsp3) is 0.706. The Morgan fingerprint density at radius 2 is 1.95 bits per heavy atom. The van der Waals surface area contributed by atoms with Gasteiger partial charge in [0.15, 0.2) is 0 Å². The summed E-state index contributed by atoms with van der Waals surface area (Å²) in [7, 11) is 0. The lowest BCUT2D eigenvalue weighted by molar-refractivity contribution is -0.302. The number of carbonyl (C=O) groups is 1. The van der Waals surface area contributed by atoms with E-state index in [1.165, 1.54) is 37.7 Å². The maximum atomic E-state index is 8.89. The van der Waals surface area contributed by atoms with Gasteiger partial charge in [-0.3, -0.25) is 0 Å². The number of carboxylic acids is 1. The molecule has 0 radical (unpaired) electrons. The van der Waals surface area contributed by atoms with Gasteiger partial charge in [-0.25, -0.2) is 0 Å². The molecule has 1 saturated carbocycles. The smallest absolute Gasteiger partial charge is 0.0383 e. The van der Waals surface area contributed by atoms with Crippen LogP contribution in [0.25, 0.3) is 0 Å². The van der Waals surface area contributed by atoms with Crippen molar-refractivity contribution < 1.29 is 15.4 Å². The molecule has 3 nitrogen and oxygen atoms in total. The Morgan fingerprint density at radius 1 is 1.40 bits per heavy atom. The zero-order valence-corrected chi connectivity index (χ0v) is 13.2. The third-order valence-electron chi connectivity index (χ3n) is 4.57. The number of hydrogen-bond acceptors (Lipinski definition) is 3. The molecular weight excluding hydrogens is 252 g/mol. The highest BCUT2D eigenvalue weighted by Gasteiger charge is 2.47. The van der Waals surface area contributed by atoms with Crippen LogP contribution in [0.4, 0.5) is 0 Å². The van der Waals surface area contributed by atoms with E-state index in [0.29, 0.717) is 5.41 Å². The van der Waals surface area contributed by atoms with Gasteiger partial charge < -0.3 is 15.4 Å². The lowest BCUT2D eigenvalue weighted by Crippen LogP contribution is -2.44. The first kappa shape index (κ1) is 18.9. The standard InChI is InChI=1S/C15H24.C2H4O2.H2O/c1-11-6-5-7-12(2)13-10-15(3,4)14(13)9-8-11;1-2(3)4;/h6,13-14H,2,5,7-10H2,1,3-4H3;1H3,(H,3,4);1H2/p-2/b11-6+;;/t13-,14-;;/m1../s1. The van der Waals surface area contributed by atoms with Crippen molar-refractivity contribution in [2.75, 3.05) is 0 Å². The lowest BCUT2D eigenvalue weighted by Gasteiger charge is -2.53. The van der Waals surface area contributed by atoms with E-state index in [9.17, 15) is 0 Å². The summed E-state index contributed by atoms with van der Waals surface area (Å²) in [5.74, 6) is 0.644. The summed E-state index contributed by atoms with van der Waals surface area (Å²) in [6.45, 7) is 12.4. The molecular formula is C17H28O3-2. The summed E-state index contributed by atoms with van der Waals surface area (Å²) in [6.07, 6.45) is 8.90. The number of fused-ring (bicyclic) bond motifs is 1. The molecule has 0 heterocycles. The van der Waals surface area contributed by atoms with Crippen LogP contribution in [0.15, 0.2) is 23.8 Å². The average molecular weight is 280 g/mol. The van der Waals surface area contributed by atoms with Gasteiger partial charge in [0.2, 0.25) is 0 Å². The predicted molar refractivity (Wildman–Crippen MR) is 79.4 cm³/mol. The molecule has 1 N–H and O–H groups in total. The molecule has 116 valence electrons. The van der Waals surface area contributed by atoms with Crippen molar-refractivity contribution in [3.63, 3.8) is 0 Å². The number of carboxylic acid groups (broad SMARTS) is 1. The van der Waals surface area contributed by atoms with Crippen molar-refractivity contribution in [3.05, 3.63) is 23.8 Å². The molecule has 0 saturated heterocycles. The molecule has 0 bridgehead atoms. The Bertz CT molecular complexity index is 376. The van der Waals surface area contributed by atoms with Crippen LogP contribution < -0.4 is 5.11 Å². The van der Waals surface area contributed by atoms with Crippen LogP contribution >= 0.6 is 0 Å². The van der Waals surface area contributed by atoms with Gasteiger partial charge in [0.05, 0.1) is 0 Å². The second-order valence-corrected chi connectivity index (χ2v) is 6.68. The van der Waals surface area contributed by atoms with Gasteiger partial charge in [0, 0.05) is 5.97 Å². The van der Waals surface area contributed by atoms with E-state index in [4.69, 9.17) is 9.90 Å². The number of hydrogen-bond donors (Lipinski definition) is 0. The minimum atomic E-state index is -1.08. The van der Waals surface area contributed by atoms with Gasteiger partial charge in [-0.15, -0.1) is 0 Å². The van der Waals surface area contributed by atoms with E-state index in [1.54, 1.807) is 5.57 Å². The van der Waals surface area contributed by atoms with Crippen LogP contribution in [0.1, 0.15) is 59.8 Å². The first-order chi connectivity index (χ1) is 8.74. The fourth-order valence-corrected chi connectivity index (χ4v) is 3.44. The Kier molecular flexibility index (Phi) is 7.21. The molecule has 3 heteroatoms. The Hall–Kier alpha value is -1.09. The molecule has 2 aliphatic rings. The summed E-state index contributed by atoms with van der Waals surface area (Å²) in [6, 6.07) is 0. The van der Waals surface area contributed by atoms with Crippen LogP contribution in [0.5, 0.6) is 0 Å². The predicted octanol–water partition coefficient (Wildman–Crippen LogP) is 3.30. The number of carbonyl (C=O) groups excluding carboxylic acids is 1. The van der Waals surface area contributed by atoms with Crippen LogP contribution in [-0.2, 0) is 4.79 Å². The lowest BCUT2D eigenvalue weighted by atomic mass is 9.52. The third-order valence-corrected chi connectivity index (χ3v) is 4.57. The van der Waals surface area contributed by atoms with Gasteiger partial charge in [-0.05, 0) is 63.2 Å². The van der Waals surface area contributed by atoms with Gasteiger partial charge in [-0.1, -0.05) is 37.6 Å². The molecule has 0 aromatic rings. The molecule has 0 amide bonds. The number of aliphatic carboxylic acids is 1. The number of rotatable bonds is 0. The van der Waals surface area contributed by atoms with E-state index in [2.05, 4.69) is 33.4 Å². The summed E-state index contributed by atoms with van der Waals surface area (Å²) in [4.78, 5) is 8.89. The van der Waals surface area contributed by atoms with Crippen molar-refractivity contribution in [2.24, 2.45) is 17.3 Å². The monoisotopic (exact) mass is 280 g/mol. The van der Waals surface area contributed by atoms with Crippen LogP contribution in [0, 0.1) is 17.3 Å². The normalized spacial score (nSPS) is 30.4. The molecule has 0 aliphatic heterocycles. The molecule has 0 spiro atoms. The van der Waals surface area contributed by atoms with Crippen LogP contribution in [-0.4, -0.2) is 11.4 Å². The molecule has 0 unspecified atom stereocenters. The van der Waals surface area contributed by atoms with E-state index >= 15 is 0 Å². The topological polar surface area (TPSA) is 70.1 Å². The Balaban J connectivity index is 0.000000644. The van der Waals surface area contributed by atoms with Crippen molar-refractivity contribution in [1.82, 2.24) is 0 Å². The molecule has 2 aliphatic carbocycles. The minimum Gasteiger partial charge on any atom is -0.870 e. The second kappa shape index (κ2) is 7.63. The zero-order chi connectivity index (χ0) is 14.6. The fourth-order valence-electron chi connectivity index (χ4n) is 3.44. The highest BCUT2D eigenvalue weighted by atomic mass is 16.4. The van der Waals surface area contributed by atoms with E-state index in [-0.39, 0.29) is 5.48 Å².